The first-order chi connectivity index (χ1) is 6.38. The summed E-state index contributed by atoms with van der Waals surface area (Å²) in [6.45, 7) is 2.23. The second-order valence-electron chi connectivity index (χ2n) is 3.39. The topological polar surface area (TPSA) is 12.0 Å². The largest absolute Gasteiger partial charge is 0.313 e. The van der Waals surface area contributed by atoms with E-state index < -0.39 is 0 Å². The molecule has 1 nitrogen and oxygen atoms in total. The minimum atomic E-state index is 0.529. The summed E-state index contributed by atoms with van der Waals surface area (Å²) < 4.78 is 0. The van der Waals surface area contributed by atoms with Gasteiger partial charge in [0.15, 0.2) is 0 Å². The van der Waals surface area contributed by atoms with Crippen LogP contribution < -0.4 is 5.32 Å². The molecule has 0 aliphatic carbocycles. The van der Waals surface area contributed by atoms with Gasteiger partial charge in [-0.3, -0.25) is 0 Å². The molecule has 72 valence electrons. The van der Waals surface area contributed by atoms with Crippen LogP contribution in [0.25, 0.3) is 0 Å². The van der Waals surface area contributed by atoms with Crippen molar-refractivity contribution in [2.45, 2.75) is 32.2 Å². The molecule has 0 aromatic heterocycles. The summed E-state index contributed by atoms with van der Waals surface area (Å²) in [6.07, 6.45) is 3.79. The Morgan fingerprint density at radius 2 is 1.92 bits per heavy atom. The molecule has 13 heavy (non-hydrogen) atoms. The Balaban J connectivity index is 2.56. The summed E-state index contributed by atoms with van der Waals surface area (Å²) in [6, 6.07) is 11.2. The van der Waals surface area contributed by atoms with Crippen LogP contribution in [0.2, 0.25) is 0 Å². The molecule has 1 atom stereocenters. The number of rotatable bonds is 5. The molecule has 1 heteroatoms. The van der Waals surface area contributed by atoms with Gasteiger partial charge in [0, 0.05) is 6.04 Å². The van der Waals surface area contributed by atoms with E-state index in [2.05, 4.69) is 42.6 Å². The zero-order valence-corrected chi connectivity index (χ0v) is 8.59. The average Bonchev–Trinajstić information content (AvgIpc) is 2.21. The smallest absolute Gasteiger partial charge is 0.0317 e. The van der Waals surface area contributed by atoms with Crippen molar-refractivity contribution < 1.29 is 0 Å². The fourth-order valence-electron chi connectivity index (χ4n) is 1.57. The summed E-state index contributed by atoms with van der Waals surface area (Å²) in [5, 5.41) is 3.35. The second-order valence-corrected chi connectivity index (χ2v) is 3.39. The van der Waals surface area contributed by atoms with Gasteiger partial charge in [0.25, 0.3) is 0 Å². The average molecular weight is 177 g/mol. The van der Waals surface area contributed by atoms with Crippen molar-refractivity contribution in [1.29, 1.82) is 0 Å². The number of benzene rings is 1. The van der Waals surface area contributed by atoms with Crippen LogP contribution in [-0.4, -0.2) is 7.05 Å². The van der Waals surface area contributed by atoms with Gasteiger partial charge in [-0.1, -0.05) is 50.1 Å². The number of unbranched alkanes of at least 4 members (excludes halogenated alkanes) is 1. The first-order valence-electron chi connectivity index (χ1n) is 5.10. The lowest BCUT2D eigenvalue weighted by Gasteiger charge is -2.15. The third kappa shape index (κ3) is 3.19. The van der Waals surface area contributed by atoms with Gasteiger partial charge in [-0.25, -0.2) is 0 Å². The Hall–Kier alpha value is -0.820. The molecule has 0 saturated carbocycles. The van der Waals surface area contributed by atoms with E-state index in [-0.39, 0.29) is 0 Å². The zero-order valence-electron chi connectivity index (χ0n) is 8.59. The summed E-state index contributed by atoms with van der Waals surface area (Å²) in [5.74, 6) is 0. The molecule has 0 spiro atoms. The van der Waals surface area contributed by atoms with Crippen LogP contribution >= 0.6 is 0 Å². The van der Waals surface area contributed by atoms with Crippen LogP contribution in [0, 0.1) is 0 Å². The van der Waals surface area contributed by atoms with Crippen molar-refractivity contribution in [2.24, 2.45) is 0 Å². The number of nitrogens with one attached hydrogen (secondary N) is 1. The Bertz CT molecular complexity index is 218. The zero-order chi connectivity index (χ0) is 9.52. The van der Waals surface area contributed by atoms with Gasteiger partial charge in [-0.2, -0.15) is 0 Å². The standard InChI is InChI=1S/C12H19N/c1-3-4-10-12(13-2)11-8-6-5-7-9-11/h5-9,12-13H,3-4,10H2,1-2H3. The minimum absolute atomic E-state index is 0.529. The molecule has 0 saturated heterocycles. The van der Waals surface area contributed by atoms with Crippen LogP contribution in [0.4, 0.5) is 0 Å². The highest BCUT2D eigenvalue weighted by Crippen LogP contribution is 2.17. The van der Waals surface area contributed by atoms with E-state index in [0.717, 1.165) is 0 Å². The molecule has 0 amide bonds. The van der Waals surface area contributed by atoms with Crippen LogP contribution in [-0.2, 0) is 0 Å². The molecule has 0 fully saturated rings. The Kier molecular flexibility index (Phi) is 4.55. The monoisotopic (exact) mass is 177 g/mol. The van der Waals surface area contributed by atoms with E-state index in [9.17, 15) is 0 Å². The van der Waals surface area contributed by atoms with Crippen LogP contribution in [0.1, 0.15) is 37.8 Å². The molecule has 1 aromatic rings. The van der Waals surface area contributed by atoms with Crippen molar-refractivity contribution >= 4 is 0 Å². The van der Waals surface area contributed by atoms with Crippen molar-refractivity contribution in [2.75, 3.05) is 7.05 Å². The van der Waals surface area contributed by atoms with Crippen LogP contribution in [0.3, 0.4) is 0 Å². The molecule has 0 radical (unpaired) electrons. The Morgan fingerprint density at radius 1 is 1.23 bits per heavy atom. The lowest BCUT2D eigenvalue weighted by Crippen LogP contribution is -2.15. The SMILES string of the molecule is CCCCC(NC)c1ccccc1. The maximum absolute atomic E-state index is 3.35. The van der Waals surface area contributed by atoms with Gasteiger partial charge in [-0.05, 0) is 19.0 Å². The van der Waals surface area contributed by atoms with Gasteiger partial charge in [0.2, 0.25) is 0 Å². The normalized spacial score (nSPS) is 12.8. The lowest BCUT2D eigenvalue weighted by molar-refractivity contribution is 0.523. The van der Waals surface area contributed by atoms with Crippen molar-refractivity contribution in [1.82, 2.24) is 5.32 Å². The van der Waals surface area contributed by atoms with E-state index >= 15 is 0 Å². The molecule has 1 unspecified atom stereocenters. The van der Waals surface area contributed by atoms with Crippen molar-refractivity contribution in [3.8, 4) is 0 Å². The molecular formula is C12H19N. The first-order valence-corrected chi connectivity index (χ1v) is 5.10. The fourth-order valence-corrected chi connectivity index (χ4v) is 1.57. The van der Waals surface area contributed by atoms with E-state index in [1.807, 2.05) is 7.05 Å². The first kappa shape index (κ1) is 10.3. The van der Waals surface area contributed by atoms with Gasteiger partial charge >= 0.3 is 0 Å². The molecule has 0 aliphatic heterocycles. The molecular weight excluding hydrogens is 158 g/mol. The van der Waals surface area contributed by atoms with Gasteiger partial charge in [-0.15, -0.1) is 0 Å². The summed E-state index contributed by atoms with van der Waals surface area (Å²) in [5.41, 5.74) is 1.40. The molecule has 1 aromatic carbocycles. The number of hydrogen-bond acceptors (Lipinski definition) is 1. The third-order valence-corrected chi connectivity index (χ3v) is 2.40. The maximum Gasteiger partial charge on any atom is 0.0317 e. The third-order valence-electron chi connectivity index (χ3n) is 2.40. The predicted molar refractivity (Wildman–Crippen MR) is 57.8 cm³/mol. The van der Waals surface area contributed by atoms with Gasteiger partial charge in [0.1, 0.15) is 0 Å². The fraction of sp³-hybridized carbons (Fsp3) is 0.500. The lowest BCUT2D eigenvalue weighted by atomic mass is 10.0. The highest BCUT2D eigenvalue weighted by molar-refractivity contribution is 5.18. The number of hydrogen-bond donors (Lipinski definition) is 1. The molecule has 1 rings (SSSR count). The van der Waals surface area contributed by atoms with Gasteiger partial charge < -0.3 is 5.32 Å². The van der Waals surface area contributed by atoms with E-state index in [4.69, 9.17) is 0 Å². The highest BCUT2D eigenvalue weighted by Gasteiger charge is 2.06. The minimum Gasteiger partial charge on any atom is -0.313 e. The molecule has 0 heterocycles. The summed E-state index contributed by atoms with van der Waals surface area (Å²) in [7, 11) is 2.04. The molecule has 0 bridgehead atoms. The highest BCUT2D eigenvalue weighted by atomic mass is 14.9. The summed E-state index contributed by atoms with van der Waals surface area (Å²) >= 11 is 0. The van der Waals surface area contributed by atoms with E-state index in [1.54, 1.807) is 0 Å². The Labute approximate surface area is 81.2 Å². The van der Waals surface area contributed by atoms with Crippen LogP contribution in [0.5, 0.6) is 0 Å². The maximum atomic E-state index is 3.35. The van der Waals surface area contributed by atoms with Crippen LogP contribution in [0.15, 0.2) is 30.3 Å². The summed E-state index contributed by atoms with van der Waals surface area (Å²) in [4.78, 5) is 0. The van der Waals surface area contributed by atoms with E-state index in [1.165, 1.54) is 24.8 Å². The van der Waals surface area contributed by atoms with Crippen molar-refractivity contribution in [3.05, 3.63) is 35.9 Å². The predicted octanol–water partition coefficient (Wildman–Crippen LogP) is 3.14. The van der Waals surface area contributed by atoms with Gasteiger partial charge in [0.05, 0.1) is 0 Å². The quantitative estimate of drug-likeness (QED) is 0.728. The molecule has 1 N–H and O–H groups in total. The van der Waals surface area contributed by atoms with Crippen molar-refractivity contribution in [3.63, 3.8) is 0 Å². The molecule has 0 aliphatic rings. The second kappa shape index (κ2) is 5.76. The Morgan fingerprint density at radius 3 is 2.46 bits per heavy atom. The van der Waals surface area contributed by atoms with E-state index in [0.29, 0.717) is 6.04 Å².